The number of benzene rings is 1. The standard InChI is InChI=1S/C19H28ClN5O2/c1-13(2)21-18(26)12-24-7-9-25(10-8-24)19(27)17-11-16(22-23-17)14-3-5-15(20)6-4-14/h3-6,13,16-17,22-23H,7-12H2,1-2H3,(H,21,26). The number of hydrazine groups is 1. The molecule has 148 valence electrons. The summed E-state index contributed by atoms with van der Waals surface area (Å²) in [6, 6.07) is 7.70. The molecule has 8 heteroatoms. The lowest BCUT2D eigenvalue weighted by Gasteiger charge is -2.35. The van der Waals surface area contributed by atoms with Crippen LogP contribution in [0.5, 0.6) is 0 Å². The summed E-state index contributed by atoms with van der Waals surface area (Å²) < 4.78 is 0. The van der Waals surface area contributed by atoms with E-state index in [0.717, 1.165) is 18.7 Å². The highest BCUT2D eigenvalue weighted by atomic mass is 35.5. The van der Waals surface area contributed by atoms with Gasteiger partial charge >= 0.3 is 0 Å². The molecule has 3 N–H and O–H groups in total. The Balaban J connectivity index is 1.46. The van der Waals surface area contributed by atoms with Gasteiger partial charge in [0, 0.05) is 43.3 Å². The van der Waals surface area contributed by atoms with Gasteiger partial charge in [0.25, 0.3) is 0 Å². The Morgan fingerprint density at radius 1 is 1.15 bits per heavy atom. The summed E-state index contributed by atoms with van der Waals surface area (Å²) in [4.78, 5) is 28.7. The maximum Gasteiger partial charge on any atom is 0.241 e. The van der Waals surface area contributed by atoms with E-state index < -0.39 is 0 Å². The molecule has 0 saturated carbocycles. The van der Waals surface area contributed by atoms with E-state index in [-0.39, 0.29) is 29.9 Å². The van der Waals surface area contributed by atoms with Crippen LogP contribution in [-0.4, -0.2) is 66.4 Å². The van der Waals surface area contributed by atoms with Crippen molar-refractivity contribution in [2.24, 2.45) is 0 Å². The van der Waals surface area contributed by atoms with Crippen LogP contribution in [0.3, 0.4) is 0 Å². The third kappa shape index (κ3) is 5.42. The van der Waals surface area contributed by atoms with Gasteiger partial charge in [-0.2, -0.15) is 0 Å². The van der Waals surface area contributed by atoms with E-state index >= 15 is 0 Å². The molecule has 7 nitrogen and oxygen atoms in total. The fraction of sp³-hybridized carbons (Fsp3) is 0.579. The lowest BCUT2D eigenvalue weighted by atomic mass is 10.0. The number of nitrogens with one attached hydrogen (secondary N) is 3. The molecule has 0 spiro atoms. The van der Waals surface area contributed by atoms with E-state index in [1.165, 1.54) is 0 Å². The monoisotopic (exact) mass is 393 g/mol. The molecule has 0 aliphatic carbocycles. The Hall–Kier alpha value is -1.67. The Morgan fingerprint density at radius 2 is 1.81 bits per heavy atom. The highest BCUT2D eigenvalue weighted by molar-refractivity contribution is 6.30. The number of nitrogens with zero attached hydrogens (tertiary/aromatic N) is 2. The van der Waals surface area contributed by atoms with E-state index in [9.17, 15) is 9.59 Å². The number of carbonyl (C=O) groups excluding carboxylic acids is 2. The summed E-state index contributed by atoms with van der Waals surface area (Å²) in [5, 5.41) is 3.61. The molecular weight excluding hydrogens is 366 g/mol. The topological polar surface area (TPSA) is 76.7 Å². The number of hydrogen-bond acceptors (Lipinski definition) is 5. The quantitative estimate of drug-likeness (QED) is 0.693. The summed E-state index contributed by atoms with van der Waals surface area (Å²) in [6.07, 6.45) is 0.706. The molecule has 2 fully saturated rings. The van der Waals surface area contributed by atoms with Crippen LogP contribution < -0.4 is 16.2 Å². The molecule has 1 aromatic carbocycles. The van der Waals surface area contributed by atoms with E-state index in [1.807, 2.05) is 43.0 Å². The average Bonchev–Trinajstić information content (AvgIpc) is 3.12. The molecular formula is C19H28ClN5O2. The minimum atomic E-state index is -0.235. The zero-order valence-corrected chi connectivity index (χ0v) is 16.6. The zero-order chi connectivity index (χ0) is 19.4. The van der Waals surface area contributed by atoms with Gasteiger partial charge in [-0.25, -0.2) is 10.9 Å². The van der Waals surface area contributed by atoms with Crippen molar-refractivity contribution in [2.45, 2.75) is 38.4 Å². The van der Waals surface area contributed by atoms with E-state index in [4.69, 9.17) is 11.6 Å². The highest BCUT2D eigenvalue weighted by Crippen LogP contribution is 2.24. The van der Waals surface area contributed by atoms with Crippen LogP contribution in [0.1, 0.15) is 31.9 Å². The van der Waals surface area contributed by atoms with Crippen molar-refractivity contribution in [2.75, 3.05) is 32.7 Å². The number of piperazine rings is 1. The van der Waals surface area contributed by atoms with Gasteiger partial charge in [0.15, 0.2) is 0 Å². The number of hydrogen-bond donors (Lipinski definition) is 3. The summed E-state index contributed by atoms with van der Waals surface area (Å²) >= 11 is 5.94. The lowest BCUT2D eigenvalue weighted by Crippen LogP contribution is -2.55. The highest BCUT2D eigenvalue weighted by Gasteiger charge is 2.34. The minimum Gasteiger partial charge on any atom is -0.353 e. The molecule has 0 bridgehead atoms. The Morgan fingerprint density at radius 3 is 2.44 bits per heavy atom. The molecule has 2 unspecified atom stereocenters. The van der Waals surface area contributed by atoms with Crippen molar-refractivity contribution in [3.63, 3.8) is 0 Å². The fourth-order valence-corrected chi connectivity index (χ4v) is 3.68. The van der Waals surface area contributed by atoms with Crippen molar-refractivity contribution in [3.05, 3.63) is 34.9 Å². The summed E-state index contributed by atoms with van der Waals surface area (Å²) in [5.74, 6) is 0.155. The van der Waals surface area contributed by atoms with Crippen LogP contribution >= 0.6 is 11.6 Å². The largest absolute Gasteiger partial charge is 0.353 e. The van der Waals surface area contributed by atoms with Crippen LogP contribution in [0, 0.1) is 0 Å². The molecule has 2 saturated heterocycles. The molecule has 2 aliphatic heterocycles. The smallest absolute Gasteiger partial charge is 0.241 e. The van der Waals surface area contributed by atoms with Gasteiger partial charge in [0.1, 0.15) is 6.04 Å². The number of halogens is 1. The van der Waals surface area contributed by atoms with E-state index in [1.54, 1.807) is 0 Å². The first-order chi connectivity index (χ1) is 12.9. The average molecular weight is 394 g/mol. The second-order valence-corrected chi connectivity index (χ2v) is 7.94. The predicted octanol–water partition coefficient (Wildman–Crippen LogP) is 0.916. The first kappa shape index (κ1) is 20.1. The fourth-order valence-electron chi connectivity index (χ4n) is 3.55. The maximum atomic E-state index is 12.8. The van der Waals surface area contributed by atoms with Crippen LogP contribution in [0.4, 0.5) is 0 Å². The van der Waals surface area contributed by atoms with Gasteiger partial charge in [-0.3, -0.25) is 14.5 Å². The Kier molecular flexibility index (Phi) is 6.70. The lowest BCUT2D eigenvalue weighted by molar-refractivity contribution is -0.135. The van der Waals surface area contributed by atoms with Gasteiger partial charge in [0.2, 0.25) is 11.8 Å². The minimum absolute atomic E-state index is 0.0391. The summed E-state index contributed by atoms with van der Waals surface area (Å²) in [6.45, 7) is 7.04. The molecule has 0 radical (unpaired) electrons. The third-order valence-corrected chi connectivity index (χ3v) is 5.23. The van der Waals surface area contributed by atoms with Crippen molar-refractivity contribution >= 4 is 23.4 Å². The number of carbonyl (C=O) groups is 2. The van der Waals surface area contributed by atoms with Crippen molar-refractivity contribution < 1.29 is 9.59 Å². The zero-order valence-electron chi connectivity index (χ0n) is 15.9. The molecule has 27 heavy (non-hydrogen) atoms. The van der Waals surface area contributed by atoms with Crippen LogP contribution in [0.15, 0.2) is 24.3 Å². The molecule has 1 aromatic rings. The first-order valence-electron chi connectivity index (χ1n) is 9.49. The molecule has 2 aliphatic rings. The van der Waals surface area contributed by atoms with Gasteiger partial charge in [-0.05, 0) is 38.0 Å². The number of amides is 2. The van der Waals surface area contributed by atoms with Gasteiger partial charge in [0.05, 0.1) is 6.54 Å². The maximum absolute atomic E-state index is 12.8. The molecule has 2 heterocycles. The van der Waals surface area contributed by atoms with Crippen molar-refractivity contribution in [1.82, 2.24) is 26.0 Å². The Bertz CT molecular complexity index is 659. The predicted molar refractivity (Wildman–Crippen MR) is 105 cm³/mol. The van der Waals surface area contributed by atoms with Gasteiger partial charge in [-0.15, -0.1) is 0 Å². The second-order valence-electron chi connectivity index (χ2n) is 7.50. The SMILES string of the molecule is CC(C)NC(=O)CN1CCN(C(=O)C2CC(c3ccc(Cl)cc3)NN2)CC1. The third-order valence-electron chi connectivity index (χ3n) is 4.97. The molecule has 3 rings (SSSR count). The van der Waals surface area contributed by atoms with Crippen molar-refractivity contribution in [1.29, 1.82) is 0 Å². The van der Waals surface area contributed by atoms with Crippen molar-refractivity contribution in [3.8, 4) is 0 Å². The second kappa shape index (κ2) is 9.01. The van der Waals surface area contributed by atoms with Crippen LogP contribution in [0.25, 0.3) is 0 Å². The van der Waals surface area contributed by atoms with Crippen LogP contribution in [0.2, 0.25) is 5.02 Å². The molecule has 0 aromatic heterocycles. The summed E-state index contributed by atoms with van der Waals surface area (Å²) in [5.41, 5.74) is 7.46. The van der Waals surface area contributed by atoms with Crippen LogP contribution in [-0.2, 0) is 9.59 Å². The summed E-state index contributed by atoms with van der Waals surface area (Å²) in [7, 11) is 0. The van der Waals surface area contributed by atoms with E-state index in [2.05, 4.69) is 21.1 Å². The van der Waals surface area contributed by atoms with Gasteiger partial charge < -0.3 is 10.2 Å². The molecule has 2 amide bonds. The normalized spacial score (nSPS) is 23.6. The first-order valence-corrected chi connectivity index (χ1v) is 9.87. The van der Waals surface area contributed by atoms with E-state index in [0.29, 0.717) is 31.1 Å². The Labute approximate surface area is 165 Å². The molecule has 2 atom stereocenters. The number of rotatable bonds is 5. The van der Waals surface area contributed by atoms with Gasteiger partial charge in [-0.1, -0.05) is 23.7 Å².